The van der Waals surface area contributed by atoms with E-state index >= 15 is 0 Å². The topological polar surface area (TPSA) is 17.1 Å². The minimum Gasteiger partial charge on any atom is -0.294 e. The normalized spacial score (nSPS) is 20.1. The number of hydrogen-bond donors (Lipinski definition) is 0. The van der Waals surface area contributed by atoms with Gasteiger partial charge in [-0.3, -0.25) is 4.79 Å². The number of Topliss-reactive ketones (excluding diaryl/α,β-unsaturated/α-hetero) is 1. The fourth-order valence-electron chi connectivity index (χ4n) is 2.90. The number of carbonyl (C=O) groups is 1. The Hall–Kier alpha value is -1.89. The number of hydrogen-bond acceptors (Lipinski definition) is 1. The van der Waals surface area contributed by atoms with E-state index < -0.39 is 0 Å². The van der Waals surface area contributed by atoms with Crippen molar-refractivity contribution in [3.63, 3.8) is 0 Å². The van der Waals surface area contributed by atoms with Gasteiger partial charge in [0.05, 0.1) is 0 Å². The van der Waals surface area contributed by atoms with Crippen molar-refractivity contribution in [2.24, 2.45) is 0 Å². The van der Waals surface area contributed by atoms with Gasteiger partial charge in [0.1, 0.15) is 0 Å². The van der Waals surface area contributed by atoms with Gasteiger partial charge in [-0.2, -0.15) is 0 Å². The summed E-state index contributed by atoms with van der Waals surface area (Å²) in [5, 5.41) is 0. The van der Waals surface area contributed by atoms with Crippen molar-refractivity contribution in [2.75, 3.05) is 0 Å². The average molecular weight is 308 g/mol. The van der Waals surface area contributed by atoms with Gasteiger partial charge in [-0.1, -0.05) is 67.1 Å². The number of benzene rings is 1. The van der Waals surface area contributed by atoms with E-state index in [1.807, 2.05) is 12.1 Å². The molecular weight excluding hydrogens is 280 g/mol. The summed E-state index contributed by atoms with van der Waals surface area (Å²) in [6, 6.07) is 8.20. The van der Waals surface area contributed by atoms with Gasteiger partial charge in [0.25, 0.3) is 0 Å². The predicted octanol–water partition coefficient (Wildman–Crippen LogP) is 6.21. The van der Waals surface area contributed by atoms with Gasteiger partial charge >= 0.3 is 0 Å². The van der Waals surface area contributed by atoms with Gasteiger partial charge in [0, 0.05) is 12.0 Å². The van der Waals surface area contributed by atoms with E-state index in [4.69, 9.17) is 0 Å². The van der Waals surface area contributed by atoms with Crippen molar-refractivity contribution < 1.29 is 4.79 Å². The zero-order valence-corrected chi connectivity index (χ0v) is 14.2. The van der Waals surface area contributed by atoms with E-state index in [0.717, 1.165) is 43.2 Å². The minimum absolute atomic E-state index is 0.257. The van der Waals surface area contributed by atoms with Crippen LogP contribution in [0.3, 0.4) is 0 Å². The second kappa shape index (κ2) is 9.29. The predicted molar refractivity (Wildman–Crippen MR) is 98.8 cm³/mol. The summed E-state index contributed by atoms with van der Waals surface area (Å²) in [5.41, 5.74) is 4.50. The fraction of sp³-hybridized carbons (Fsp3) is 0.409. The zero-order valence-electron chi connectivity index (χ0n) is 14.2. The highest BCUT2D eigenvalue weighted by molar-refractivity contribution is 5.96. The molecule has 3 rings (SSSR count). The molecule has 1 heteroatoms. The third-order valence-electron chi connectivity index (χ3n) is 4.45. The smallest absolute Gasteiger partial charge is 0.162 e. The molecule has 0 aliphatic heterocycles. The van der Waals surface area contributed by atoms with Crippen LogP contribution in [0.4, 0.5) is 0 Å². The quantitative estimate of drug-likeness (QED) is 0.556. The van der Waals surface area contributed by atoms with Crippen molar-refractivity contribution in [3.05, 3.63) is 71.8 Å². The SMILES string of the molecule is C=C1/C=C\C(=C)CCCCC(=O)c2ccc(cc2)CCCCC1. The van der Waals surface area contributed by atoms with E-state index in [0.29, 0.717) is 6.42 Å². The van der Waals surface area contributed by atoms with Crippen molar-refractivity contribution >= 4 is 5.78 Å². The van der Waals surface area contributed by atoms with Crippen LogP contribution >= 0.6 is 0 Å². The summed E-state index contributed by atoms with van der Waals surface area (Å²) < 4.78 is 0. The Labute approximate surface area is 140 Å². The van der Waals surface area contributed by atoms with Gasteiger partial charge in [0.15, 0.2) is 5.78 Å². The van der Waals surface area contributed by atoms with E-state index in [-0.39, 0.29) is 5.78 Å². The molecule has 0 saturated carbocycles. The molecule has 122 valence electrons. The lowest BCUT2D eigenvalue weighted by Gasteiger charge is -2.06. The lowest BCUT2D eigenvalue weighted by atomic mass is 9.99. The molecule has 0 spiro atoms. The molecule has 1 aromatic carbocycles. The van der Waals surface area contributed by atoms with Crippen LogP contribution in [0.25, 0.3) is 0 Å². The van der Waals surface area contributed by atoms with Crippen LogP contribution in [-0.4, -0.2) is 5.78 Å². The molecule has 0 N–H and O–H groups in total. The maximum atomic E-state index is 12.2. The molecule has 0 aromatic heterocycles. The lowest BCUT2D eigenvalue weighted by Crippen LogP contribution is -1.99. The standard InChI is InChI=1S/C22H28O/c1-18-8-4-3-5-10-20-14-16-21(17-15-20)22(23)11-7-6-9-19(2)13-12-18/h12-17H,1-11H2/b13-12-. The van der Waals surface area contributed by atoms with Gasteiger partial charge in [-0.05, 0) is 50.5 Å². The molecule has 0 radical (unpaired) electrons. The Morgan fingerprint density at radius 3 is 1.83 bits per heavy atom. The van der Waals surface area contributed by atoms with Gasteiger partial charge in [0.2, 0.25) is 0 Å². The van der Waals surface area contributed by atoms with Crippen LogP contribution in [0.5, 0.6) is 0 Å². The third-order valence-corrected chi connectivity index (χ3v) is 4.45. The van der Waals surface area contributed by atoms with Crippen molar-refractivity contribution in [2.45, 2.75) is 57.8 Å². The molecule has 2 aliphatic rings. The maximum Gasteiger partial charge on any atom is 0.162 e. The first-order valence-corrected chi connectivity index (χ1v) is 8.81. The summed E-state index contributed by atoms with van der Waals surface area (Å²) in [6.07, 6.45) is 13.5. The second-order valence-electron chi connectivity index (χ2n) is 6.54. The monoisotopic (exact) mass is 308 g/mol. The average Bonchev–Trinajstić information content (AvgIpc) is 2.56. The number of allylic oxidation sites excluding steroid dienone is 4. The number of rotatable bonds is 0. The highest BCUT2D eigenvalue weighted by Gasteiger charge is 2.06. The van der Waals surface area contributed by atoms with E-state index in [1.165, 1.54) is 30.4 Å². The molecule has 0 saturated heterocycles. The molecule has 1 nitrogen and oxygen atoms in total. The number of ketones is 1. The maximum absolute atomic E-state index is 12.2. The molecular formula is C22H28O. The van der Waals surface area contributed by atoms with Crippen molar-refractivity contribution in [1.82, 2.24) is 0 Å². The molecule has 0 unspecified atom stereocenters. The van der Waals surface area contributed by atoms with Crippen molar-refractivity contribution in [3.8, 4) is 0 Å². The Bertz CT molecular complexity index is 574. The first-order valence-electron chi connectivity index (χ1n) is 8.81. The van der Waals surface area contributed by atoms with E-state index in [1.54, 1.807) is 0 Å². The molecule has 0 fully saturated rings. The van der Waals surface area contributed by atoms with E-state index in [2.05, 4.69) is 37.4 Å². The highest BCUT2D eigenvalue weighted by atomic mass is 16.1. The van der Waals surface area contributed by atoms with Crippen LogP contribution in [-0.2, 0) is 6.42 Å². The summed E-state index contributed by atoms with van der Waals surface area (Å²) in [5.74, 6) is 0.257. The van der Waals surface area contributed by atoms with Crippen molar-refractivity contribution in [1.29, 1.82) is 0 Å². The van der Waals surface area contributed by atoms with Crippen LogP contribution in [0.1, 0.15) is 67.3 Å². The number of aryl methyl sites for hydroxylation is 1. The molecule has 0 atom stereocenters. The highest BCUT2D eigenvalue weighted by Crippen LogP contribution is 2.16. The summed E-state index contributed by atoms with van der Waals surface area (Å²) >= 11 is 0. The first kappa shape index (κ1) is 17.5. The largest absolute Gasteiger partial charge is 0.294 e. The molecule has 0 heterocycles. The Balaban J connectivity index is 1.99. The van der Waals surface area contributed by atoms with E-state index in [9.17, 15) is 4.79 Å². The van der Waals surface area contributed by atoms with Gasteiger partial charge in [-0.25, -0.2) is 0 Å². The molecule has 0 amide bonds. The first-order chi connectivity index (χ1) is 11.1. The van der Waals surface area contributed by atoms with Crippen LogP contribution in [0, 0.1) is 0 Å². The zero-order chi connectivity index (χ0) is 16.5. The molecule has 2 bridgehead atoms. The lowest BCUT2D eigenvalue weighted by molar-refractivity contribution is 0.0979. The number of fused-ring (bicyclic) bond motifs is 14. The molecule has 2 aliphatic carbocycles. The third kappa shape index (κ3) is 6.40. The Morgan fingerprint density at radius 2 is 1.17 bits per heavy atom. The fourth-order valence-corrected chi connectivity index (χ4v) is 2.90. The van der Waals surface area contributed by atoms with Crippen LogP contribution < -0.4 is 0 Å². The summed E-state index contributed by atoms with van der Waals surface area (Å²) in [4.78, 5) is 12.2. The van der Waals surface area contributed by atoms with Crippen LogP contribution in [0.15, 0.2) is 60.7 Å². The summed E-state index contributed by atoms with van der Waals surface area (Å²) in [6.45, 7) is 8.22. The Morgan fingerprint density at radius 1 is 0.652 bits per heavy atom. The Kier molecular flexibility index (Phi) is 7.06. The number of carbonyl (C=O) groups excluding carboxylic acids is 1. The second-order valence-corrected chi connectivity index (χ2v) is 6.54. The van der Waals surface area contributed by atoms with Gasteiger partial charge in [-0.15, -0.1) is 0 Å². The molecule has 23 heavy (non-hydrogen) atoms. The van der Waals surface area contributed by atoms with Crippen LogP contribution in [0.2, 0.25) is 0 Å². The van der Waals surface area contributed by atoms with Gasteiger partial charge < -0.3 is 0 Å². The molecule has 1 aromatic rings. The summed E-state index contributed by atoms with van der Waals surface area (Å²) in [7, 11) is 0. The minimum atomic E-state index is 0.257.